The van der Waals surface area contributed by atoms with Crippen molar-refractivity contribution in [3.63, 3.8) is 0 Å². The minimum absolute atomic E-state index is 0.0384. The van der Waals surface area contributed by atoms with E-state index in [9.17, 15) is 13.2 Å². The number of unbranched alkanes of at least 4 members (excludes halogenated alkanes) is 1. The van der Waals surface area contributed by atoms with E-state index in [0.717, 1.165) is 12.8 Å². The molecule has 1 atom stereocenters. The van der Waals surface area contributed by atoms with Crippen LogP contribution in [-0.4, -0.2) is 25.4 Å². The molecule has 0 bridgehead atoms. The SMILES string of the molecule is C#CCCCC(N)CCOCC(F)(F)F. The lowest BCUT2D eigenvalue weighted by Crippen LogP contribution is -2.24. The molecule has 5 heteroatoms. The van der Waals surface area contributed by atoms with Crippen LogP contribution in [0.25, 0.3) is 0 Å². The second kappa shape index (κ2) is 7.55. The number of terminal acetylenes is 1. The maximum Gasteiger partial charge on any atom is 0.411 e. The number of hydrogen-bond acceptors (Lipinski definition) is 2. The summed E-state index contributed by atoms with van der Waals surface area (Å²) in [5.74, 6) is 2.47. The Balaban J connectivity index is 3.32. The minimum Gasteiger partial charge on any atom is -0.372 e. The number of ether oxygens (including phenoxy) is 1. The van der Waals surface area contributed by atoms with Crippen molar-refractivity contribution in [1.29, 1.82) is 0 Å². The molecule has 0 heterocycles. The van der Waals surface area contributed by atoms with Crippen molar-refractivity contribution >= 4 is 0 Å². The Morgan fingerprint density at radius 2 is 2.00 bits per heavy atom. The van der Waals surface area contributed by atoms with Crippen molar-refractivity contribution in [1.82, 2.24) is 0 Å². The van der Waals surface area contributed by atoms with Gasteiger partial charge >= 0.3 is 6.18 Å². The quantitative estimate of drug-likeness (QED) is 0.530. The zero-order valence-electron chi connectivity index (χ0n) is 8.52. The molecule has 0 aliphatic rings. The molecule has 2 nitrogen and oxygen atoms in total. The lowest BCUT2D eigenvalue weighted by atomic mass is 10.1. The average molecular weight is 223 g/mol. The molecule has 15 heavy (non-hydrogen) atoms. The summed E-state index contributed by atoms with van der Waals surface area (Å²) in [5.41, 5.74) is 5.63. The largest absolute Gasteiger partial charge is 0.411 e. The van der Waals surface area contributed by atoms with Crippen LogP contribution in [-0.2, 0) is 4.74 Å². The predicted octanol–water partition coefficient (Wildman–Crippen LogP) is 2.09. The third-order valence-corrected chi connectivity index (χ3v) is 1.79. The Morgan fingerprint density at radius 3 is 2.53 bits per heavy atom. The van der Waals surface area contributed by atoms with E-state index in [1.54, 1.807) is 0 Å². The Kier molecular flexibility index (Phi) is 7.18. The summed E-state index contributed by atoms with van der Waals surface area (Å²) in [5, 5.41) is 0. The number of nitrogens with two attached hydrogens (primary N) is 1. The summed E-state index contributed by atoms with van der Waals surface area (Å²) in [6.07, 6.45) is 3.39. The van der Waals surface area contributed by atoms with Gasteiger partial charge in [0.15, 0.2) is 0 Å². The topological polar surface area (TPSA) is 35.2 Å². The predicted molar refractivity (Wildman–Crippen MR) is 52.2 cm³/mol. The summed E-state index contributed by atoms with van der Waals surface area (Å²) in [6.45, 7) is -1.17. The first-order chi connectivity index (χ1) is 6.95. The molecule has 0 aromatic heterocycles. The molecule has 0 amide bonds. The third-order valence-electron chi connectivity index (χ3n) is 1.79. The first-order valence-electron chi connectivity index (χ1n) is 4.79. The van der Waals surface area contributed by atoms with E-state index >= 15 is 0 Å². The number of halogens is 3. The normalized spacial score (nSPS) is 13.5. The van der Waals surface area contributed by atoms with E-state index < -0.39 is 12.8 Å². The highest BCUT2D eigenvalue weighted by Gasteiger charge is 2.27. The molecule has 2 N–H and O–H groups in total. The minimum atomic E-state index is -4.26. The van der Waals surface area contributed by atoms with Crippen molar-refractivity contribution in [2.24, 2.45) is 5.73 Å². The fraction of sp³-hybridized carbons (Fsp3) is 0.800. The second-order valence-corrected chi connectivity index (χ2v) is 3.31. The smallest absolute Gasteiger partial charge is 0.372 e. The van der Waals surface area contributed by atoms with E-state index in [1.165, 1.54) is 0 Å². The highest BCUT2D eigenvalue weighted by Crippen LogP contribution is 2.14. The van der Waals surface area contributed by atoms with Gasteiger partial charge in [-0.3, -0.25) is 0 Å². The van der Waals surface area contributed by atoms with Crippen molar-refractivity contribution in [3.8, 4) is 12.3 Å². The average Bonchev–Trinajstić information content (AvgIpc) is 2.11. The molecular weight excluding hydrogens is 207 g/mol. The molecule has 0 aromatic carbocycles. The molecular formula is C10H16F3NO. The number of rotatable bonds is 7. The molecule has 0 fully saturated rings. The first-order valence-corrected chi connectivity index (χ1v) is 4.79. The van der Waals surface area contributed by atoms with Crippen molar-refractivity contribution in [3.05, 3.63) is 0 Å². The van der Waals surface area contributed by atoms with Gasteiger partial charge in [0.2, 0.25) is 0 Å². The lowest BCUT2D eigenvalue weighted by molar-refractivity contribution is -0.174. The molecule has 0 spiro atoms. The molecule has 88 valence electrons. The summed E-state index contributed by atoms with van der Waals surface area (Å²) in [7, 11) is 0. The molecule has 0 aromatic rings. The van der Waals surface area contributed by atoms with Gasteiger partial charge in [-0.2, -0.15) is 13.2 Å². The van der Waals surface area contributed by atoms with Gasteiger partial charge < -0.3 is 10.5 Å². The summed E-state index contributed by atoms with van der Waals surface area (Å²) in [4.78, 5) is 0. The van der Waals surface area contributed by atoms with Crippen LogP contribution in [0, 0.1) is 12.3 Å². The van der Waals surface area contributed by atoms with E-state index in [2.05, 4.69) is 10.7 Å². The summed E-state index contributed by atoms with van der Waals surface area (Å²) >= 11 is 0. The van der Waals surface area contributed by atoms with Crippen LogP contribution in [0.3, 0.4) is 0 Å². The molecule has 0 saturated heterocycles. The van der Waals surface area contributed by atoms with Crippen LogP contribution in [0.4, 0.5) is 13.2 Å². The molecule has 1 unspecified atom stereocenters. The van der Waals surface area contributed by atoms with E-state index in [4.69, 9.17) is 12.2 Å². The maximum atomic E-state index is 11.7. The van der Waals surface area contributed by atoms with Gasteiger partial charge in [-0.05, 0) is 19.3 Å². The maximum absolute atomic E-state index is 11.7. The Bertz CT molecular complexity index is 198. The molecule has 0 saturated carbocycles. The Labute approximate surface area is 88.0 Å². The van der Waals surface area contributed by atoms with Gasteiger partial charge in [0.25, 0.3) is 0 Å². The van der Waals surface area contributed by atoms with Gasteiger partial charge in [-0.25, -0.2) is 0 Å². The molecule has 0 aliphatic carbocycles. The van der Waals surface area contributed by atoms with E-state index in [1.807, 2.05) is 0 Å². The van der Waals surface area contributed by atoms with Crippen LogP contribution in [0.2, 0.25) is 0 Å². The highest BCUT2D eigenvalue weighted by atomic mass is 19.4. The van der Waals surface area contributed by atoms with Gasteiger partial charge in [0.1, 0.15) is 6.61 Å². The molecule has 0 aliphatic heterocycles. The number of alkyl halides is 3. The van der Waals surface area contributed by atoms with E-state index in [-0.39, 0.29) is 12.6 Å². The summed E-state index contributed by atoms with van der Waals surface area (Å²) < 4.78 is 39.4. The zero-order chi connectivity index (χ0) is 11.7. The monoisotopic (exact) mass is 223 g/mol. The van der Waals surface area contributed by atoms with Crippen LogP contribution < -0.4 is 5.73 Å². The molecule has 0 rings (SSSR count). The van der Waals surface area contributed by atoms with Crippen molar-refractivity contribution in [2.75, 3.05) is 13.2 Å². The fourth-order valence-electron chi connectivity index (χ4n) is 1.03. The van der Waals surface area contributed by atoms with Crippen molar-refractivity contribution in [2.45, 2.75) is 37.9 Å². The lowest BCUT2D eigenvalue weighted by Gasteiger charge is -2.11. The van der Waals surface area contributed by atoms with Crippen LogP contribution >= 0.6 is 0 Å². The van der Waals surface area contributed by atoms with Gasteiger partial charge in [0, 0.05) is 19.1 Å². The van der Waals surface area contributed by atoms with Gasteiger partial charge in [-0.15, -0.1) is 12.3 Å². The Morgan fingerprint density at radius 1 is 1.33 bits per heavy atom. The Hall–Kier alpha value is -0.730. The van der Waals surface area contributed by atoms with Gasteiger partial charge in [-0.1, -0.05) is 0 Å². The van der Waals surface area contributed by atoms with E-state index in [0.29, 0.717) is 12.8 Å². The fourth-order valence-corrected chi connectivity index (χ4v) is 1.03. The highest BCUT2D eigenvalue weighted by molar-refractivity contribution is 4.83. The zero-order valence-corrected chi connectivity index (χ0v) is 8.52. The molecule has 0 radical (unpaired) electrons. The van der Waals surface area contributed by atoms with Crippen LogP contribution in [0.5, 0.6) is 0 Å². The van der Waals surface area contributed by atoms with Crippen LogP contribution in [0.1, 0.15) is 25.7 Å². The summed E-state index contributed by atoms with van der Waals surface area (Å²) in [6, 6.07) is -0.133. The van der Waals surface area contributed by atoms with Crippen molar-refractivity contribution < 1.29 is 17.9 Å². The number of hydrogen-bond donors (Lipinski definition) is 1. The van der Waals surface area contributed by atoms with Crippen LogP contribution in [0.15, 0.2) is 0 Å². The third kappa shape index (κ3) is 11.2. The van der Waals surface area contributed by atoms with Gasteiger partial charge in [0.05, 0.1) is 0 Å². The second-order valence-electron chi connectivity index (χ2n) is 3.31. The first kappa shape index (κ1) is 14.3. The standard InChI is InChI=1S/C10H16F3NO/c1-2-3-4-5-9(14)6-7-15-8-10(11,12)13/h1,9H,3-8,14H2.